The van der Waals surface area contributed by atoms with Crippen LogP contribution in [0.4, 0.5) is 17.1 Å². The Morgan fingerprint density at radius 2 is 0.965 bits per heavy atom. The van der Waals surface area contributed by atoms with Gasteiger partial charge < -0.3 is 9.47 Å². The molecule has 2 heteroatoms. The predicted octanol–water partition coefficient (Wildman–Crippen LogP) is 15.0. The number of hydrogen-bond acceptors (Lipinski definition) is 1. The third kappa shape index (κ3) is 5.25. The van der Waals surface area contributed by atoms with Crippen molar-refractivity contribution in [3.63, 3.8) is 0 Å². The van der Waals surface area contributed by atoms with E-state index in [1.165, 1.54) is 77.1 Å². The van der Waals surface area contributed by atoms with Crippen LogP contribution < -0.4 is 4.90 Å². The van der Waals surface area contributed by atoms with Gasteiger partial charge in [0.25, 0.3) is 0 Å². The van der Waals surface area contributed by atoms with Gasteiger partial charge in [0, 0.05) is 38.8 Å². The van der Waals surface area contributed by atoms with E-state index in [0.29, 0.717) is 0 Å². The van der Waals surface area contributed by atoms with Gasteiger partial charge in [-0.05, 0) is 104 Å². The number of para-hydroxylation sites is 3. The van der Waals surface area contributed by atoms with Gasteiger partial charge in [0.1, 0.15) is 0 Å². The van der Waals surface area contributed by atoms with Gasteiger partial charge in [-0.15, -0.1) is 0 Å². The summed E-state index contributed by atoms with van der Waals surface area (Å²) in [5, 5.41) is 5.02. The van der Waals surface area contributed by atoms with E-state index in [1.54, 1.807) is 0 Å². The van der Waals surface area contributed by atoms with Crippen LogP contribution in [0.25, 0.3) is 71.6 Å². The van der Waals surface area contributed by atoms with Gasteiger partial charge in [-0.25, -0.2) is 0 Å². The molecule has 57 heavy (non-hydrogen) atoms. The zero-order valence-corrected chi connectivity index (χ0v) is 32.0. The molecule has 0 amide bonds. The van der Waals surface area contributed by atoms with E-state index in [4.69, 9.17) is 0 Å². The van der Waals surface area contributed by atoms with Crippen LogP contribution in [0.1, 0.15) is 25.0 Å². The molecule has 10 aromatic rings. The highest BCUT2D eigenvalue weighted by Crippen LogP contribution is 2.50. The van der Waals surface area contributed by atoms with Crippen molar-refractivity contribution in [2.45, 2.75) is 19.3 Å². The minimum absolute atomic E-state index is 0.0830. The van der Waals surface area contributed by atoms with Crippen molar-refractivity contribution < 1.29 is 0 Å². The van der Waals surface area contributed by atoms with Gasteiger partial charge in [0.05, 0.1) is 16.7 Å². The van der Waals surface area contributed by atoms with Crippen LogP contribution in [0.15, 0.2) is 206 Å². The molecule has 0 fully saturated rings. The van der Waals surface area contributed by atoms with Gasteiger partial charge in [0.15, 0.2) is 0 Å². The lowest BCUT2D eigenvalue weighted by molar-refractivity contribution is 0.660. The van der Waals surface area contributed by atoms with Gasteiger partial charge in [0.2, 0.25) is 0 Å². The smallest absolute Gasteiger partial charge is 0.0547 e. The van der Waals surface area contributed by atoms with Crippen LogP contribution in [0.3, 0.4) is 0 Å². The molecular weight excluding hydrogens is 689 g/mol. The van der Waals surface area contributed by atoms with E-state index < -0.39 is 0 Å². The monoisotopic (exact) mass is 728 g/mol. The van der Waals surface area contributed by atoms with E-state index >= 15 is 0 Å². The summed E-state index contributed by atoms with van der Waals surface area (Å²) >= 11 is 0. The van der Waals surface area contributed by atoms with Crippen molar-refractivity contribution >= 4 is 49.6 Å². The number of rotatable bonds is 6. The Morgan fingerprint density at radius 3 is 1.82 bits per heavy atom. The Balaban J connectivity index is 1.04. The molecule has 0 aliphatic heterocycles. The topological polar surface area (TPSA) is 8.17 Å². The largest absolute Gasteiger partial charge is 0.310 e. The molecular formula is C55H40N2. The minimum atomic E-state index is -0.0830. The lowest BCUT2D eigenvalue weighted by Crippen LogP contribution is -2.16. The van der Waals surface area contributed by atoms with Crippen molar-refractivity contribution in [3.05, 3.63) is 217 Å². The average molecular weight is 729 g/mol. The maximum Gasteiger partial charge on any atom is 0.0547 e. The van der Waals surface area contributed by atoms with Gasteiger partial charge in [-0.1, -0.05) is 166 Å². The summed E-state index contributed by atoms with van der Waals surface area (Å²) in [6.07, 6.45) is 0. The molecule has 0 spiro atoms. The molecule has 0 N–H and O–H groups in total. The molecule has 0 saturated heterocycles. The molecule has 1 aliphatic carbocycles. The zero-order chi connectivity index (χ0) is 38.1. The minimum Gasteiger partial charge on any atom is -0.310 e. The van der Waals surface area contributed by atoms with E-state index in [9.17, 15) is 0 Å². The summed E-state index contributed by atoms with van der Waals surface area (Å²) < 4.78 is 2.46. The molecule has 0 atom stereocenters. The second-order valence-corrected chi connectivity index (χ2v) is 15.7. The second kappa shape index (κ2) is 13.0. The van der Waals surface area contributed by atoms with Crippen LogP contribution >= 0.6 is 0 Å². The van der Waals surface area contributed by atoms with Crippen LogP contribution in [0, 0.1) is 0 Å². The standard InChI is InChI=1S/C55H40N2/c1-55(2)50-24-11-8-21-46(50)47-34-32-42(36-51(47)55)56(40-17-4-3-5-18-40)41-30-27-38(28-31-41)45-20-9-12-25-52(45)57-53-26-13-10-22-48(53)49-33-29-39(35-54(49)57)44-23-14-16-37-15-6-7-19-43(37)44/h3-36H,1-2H3. The lowest BCUT2D eigenvalue weighted by atomic mass is 9.82. The first-order valence-corrected chi connectivity index (χ1v) is 19.9. The molecule has 9 aromatic carbocycles. The number of fused-ring (bicyclic) bond motifs is 7. The summed E-state index contributed by atoms with van der Waals surface area (Å²) in [6, 6.07) is 75.6. The highest BCUT2D eigenvalue weighted by molar-refractivity contribution is 6.11. The number of aromatic nitrogens is 1. The van der Waals surface area contributed by atoms with Crippen molar-refractivity contribution in [3.8, 4) is 39.1 Å². The van der Waals surface area contributed by atoms with Crippen LogP contribution in [0.5, 0.6) is 0 Å². The third-order valence-corrected chi connectivity index (χ3v) is 12.2. The fraction of sp³-hybridized carbons (Fsp3) is 0.0545. The lowest BCUT2D eigenvalue weighted by Gasteiger charge is -2.28. The number of benzene rings is 9. The van der Waals surface area contributed by atoms with Crippen LogP contribution in [0.2, 0.25) is 0 Å². The van der Waals surface area contributed by atoms with Crippen molar-refractivity contribution in [1.82, 2.24) is 4.57 Å². The number of nitrogens with zero attached hydrogens (tertiary/aromatic N) is 2. The SMILES string of the molecule is CC1(C)c2ccccc2-c2ccc(N(c3ccccc3)c3ccc(-c4ccccc4-n4c5ccccc5c5ccc(-c6cccc7ccccc67)cc54)cc3)cc21. The maximum absolute atomic E-state index is 2.46. The quantitative estimate of drug-likeness (QED) is 0.165. The molecule has 1 aliphatic rings. The Labute approximate surface area is 333 Å². The van der Waals surface area contributed by atoms with E-state index in [2.05, 4.69) is 230 Å². The summed E-state index contributed by atoms with van der Waals surface area (Å²) in [5.41, 5.74) is 17.1. The van der Waals surface area contributed by atoms with Crippen molar-refractivity contribution in [2.75, 3.05) is 4.90 Å². The molecule has 0 saturated carbocycles. The van der Waals surface area contributed by atoms with Gasteiger partial charge >= 0.3 is 0 Å². The predicted molar refractivity (Wildman–Crippen MR) is 241 cm³/mol. The second-order valence-electron chi connectivity index (χ2n) is 15.7. The Hall–Kier alpha value is -7.16. The Morgan fingerprint density at radius 1 is 0.368 bits per heavy atom. The summed E-state index contributed by atoms with van der Waals surface area (Å²) in [6.45, 7) is 4.70. The van der Waals surface area contributed by atoms with Crippen LogP contribution in [-0.2, 0) is 5.41 Å². The third-order valence-electron chi connectivity index (χ3n) is 12.2. The first-order valence-electron chi connectivity index (χ1n) is 19.9. The molecule has 2 nitrogen and oxygen atoms in total. The summed E-state index contributed by atoms with van der Waals surface area (Å²) in [4.78, 5) is 2.39. The fourth-order valence-corrected chi connectivity index (χ4v) is 9.43. The van der Waals surface area contributed by atoms with Gasteiger partial charge in [-0.2, -0.15) is 0 Å². The molecule has 270 valence electrons. The first kappa shape index (κ1) is 33.2. The molecule has 1 aromatic heterocycles. The maximum atomic E-state index is 2.46. The number of anilines is 3. The van der Waals surface area contributed by atoms with E-state index in [0.717, 1.165) is 22.7 Å². The molecule has 0 bridgehead atoms. The molecule has 0 radical (unpaired) electrons. The van der Waals surface area contributed by atoms with Crippen molar-refractivity contribution in [1.29, 1.82) is 0 Å². The highest BCUT2D eigenvalue weighted by atomic mass is 15.1. The van der Waals surface area contributed by atoms with Gasteiger partial charge in [-0.3, -0.25) is 0 Å². The zero-order valence-electron chi connectivity index (χ0n) is 32.0. The van der Waals surface area contributed by atoms with Crippen molar-refractivity contribution in [2.24, 2.45) is 0 Å². The Bertz CT molecular complexity index is 3140. The van der Waals surface area contributed by atoms with E-state index in [-0.39, 0.29) is 5.41 Å². The van der Waals surface area contributed by atoms with E-state index in [1.807, 2.05) is 0 Å². The first-order chi connectivity index (χ1) is 28.0. The fourth-order valence-electron chi connectivity index (χ4n) is 9.43. The average Bonchev–Trinajstić information content (AvgIpc) is 3.72. The highest BCUT2D eigenvalue weighted by Gasteiger charge is 2.35. The Kier molecular flexibility index (Phi) is 7.55. The molecule has 0 unspecified atom stereocenters. The van der Waals surface area contributed by atoms with Crippen LogP contribution in [-0.4, -0.2) is 4.57 Å². The summed E-state index contributed by atoms with van der Waals surface area (Å²) in [5.74, 6) is 0. The summed E-state index contributed by atoms with van der Waals surface area (Å²) in [7, 11) is 0. The number of hydrogen-bond donors (Lipinski definition) is 0. The normalized spacial score (nSPS) is 12.9. The molecule has 11 rings (SSSR count). The molecule has 1 heterocycles.